The summed E-state index contributed by atoms with van der Waals surface area (Å²) in [5.41, 5.74) is 1.32. The molecule has 0 amide bonds. The quantitative estimate of drug-likeness (QED) is 0.630. The summed E-state index contributed by atoms with van der Waals surface area (Å²) in [5.74, 6) is 3.39. The van der Waals surface area contributed by atoms with Crippen LogP contribution in [0.1, 0.15) is 45.5 Å². The Balaban J connectivity index is 2.06. The van der Waals surface area contributed by atoms with Crippen molar-refractivity contribution >= 4 is 11.8 Å². The predicted octanol–water partition coefficient (Wildman–Crippen LogP) is 4.58. The first-order valence-corrected chi connectivity index (χ1v) is 9.39. The molecule has 0 aliphatic carbocycles. The first-order chi connectivity index (χ1) is 11.1. The molecular formula is C18H27N3OS. The maximum atomic E-state index is 5.90. The van der Waals surface area contributed by atoms with E-state index in [1.807, 2.05) is 12.1 Å². The molecule has 1 aromatic heterocycles. The van der Waals surface area contributed by atoms with Crippen LogP contribution in [-0.4, -0.2) is 20.5 Å². The van der Waals surface area contributed by atoms with E-state index in [9.17, 15) is 0 Å². The molecule has 0 N–H and O–H groups in total. The largest absolute Gasteiger partial charge is 0.486 e. The molecule has 0 spiro atoms. The average molecular weight is 334 g/mol. The second kappa shape index (κ2) is 8.96. The van der Waals surface area contributed by atoms with Gasteiger partial charge in [0.05, 0.1) is 0 Å². The Morgan fingerprint density at radius 2 is 1.87 bits per heavy atom. The molecule has 1 heterocycles. The molecule has 0 atom stereocenters. The van der Waals surface area contributed by atoms with E-state index in [0.29, 0.717) is 12.5 Å². The normalized spacial score (nSPS) is 11.2. The monoisotopic (exact) mass is 333 g/mol. The van der Waals surface area contributed by atoms with Crippen molar-refractivity contribution < 1.29 is 4.74 Å². The number of hydrogen-bond donors (Lipinski definition) is 0. The summed E-state index contributed by atoms with van der Waals surface area (Å²) in [7, 11) is 0. The third-order valence-corrected chi connectivity index (χ3v) is 4.65. The van der Waals surface area contributed by atoms with Gasteiger partial charge in [0.15, 0.2) is 11.0 Å². The van der Waals surface area contributed by atoms with Gasteiger partial charge in [-0.2, -0.15) is 0 Å². The van der Waals surface area contributed by atoms with Crippen molar-refractivity contribution in [2.24, 2.45) is 5.92 Å². The van der Waals surface area contributed by atoms with Crippen molar-refractivity contribution in [3.8, 4) is 5.75 Å². The fourth-order valence-corrected chi connectivity index (χ4v) is 3.06. The van der Waals surface area contributed by atoms with Crippen molar-refractivity contribution in [1.82, 2.24) is 14.8 Å². The second-order valence-corrected chi connectivity index (χ2v) is 7.10. The van der Waals surface area contributed by atoms with Crippen molar-refractivity contribution in [2.45, 2.75) is 58.8 Å². The van der Waals surface area contributed by atoms with Gasteiger partial charge >= 0.3 is 0 Å². The number of hydrogen-bond acceptors (Lipinski definition) is 4. The number of ether oxygens (including phenoxy) is 1. The molecule has 0 saturated carbocycles. The number of rotatable bonds is 9. The molecule has 4 nitrogen and oxygen atoms in total. The summed E-state index contributed by atoms with van der Waals surface area (Å²) in [6, 6.07) is 8.26. The molecule has 0 fully saturated rings. The van der Waals surface area contributed by atoms with Gasteiger partial charge < -0.3 is 9.30 Å². The predicted molar refractivity (Wildman–Crippen MR) is 96.0 cm³/mol. The van der Waals surface area contributed by atoms with Gasteiger partial charge in [-0.3, -0.25) is 0 Å². The molecular weight excluding hydrogens is 306 g/mol. The Morgan fingerprint density at radius 3 is 2.48 bits per heavy atom. The summed E-state index contributed by atoms with van der Waals surface area (Å²) in [4.78, 5) is 0. The maximum absolute atomic E-state index is 5.90. The third kappa shape index (κ3) is 5.27. The lowest BCUT2D eigenvalue weighted by Crippen LogP contribution is -2.12. The van der Waals surface area contributed by atoms with Crippen LogP contribution in [0.4, 0.5) is 0 Å². The highest BCUT2D eigenvalue weighted by Gasteiger charge is 2.14. The van der Waals surface area contributed by atoms with Crippen LogP contribution in [0.5, 0.6) is 5.75 Å². The van der Waals surface area contributed by atoms with E-state index in [0.717, 1.165) is 41.9 Å². The van der Waals surface area contributed by atoms with Crippen LogP contribution in [0.15, 0.2) is 29.4 Å². The molecule has 1 aromatic carbocycles. The number of benzene rings is 1. The van der Waals surface area contributed by atoms with Crippen molar-refractivity contribution in [3.05, 3.63) is 35.7 Å². The maximum Gasteiger partial charge on any atom is 0.191 e. The Labute approximate surface area is 143 Å². The first kappa shape index (κ1) is 17.9. The minimum Gasteiger partial charge on any atom is -0.486 e. The third-order valence-electron chi connectivity index (χ3n) is 3.48. The van der Waals surface area contributed by atoms with Gasteiger partial charge in [-0.1, -0.05) is 51.6 Å². The summed E-state index contributed by atoms with van der Waals surface area (Å²) in [6.45, 7) is 10.1. The Morgan fingerprint density at radius 1 is 1.13 bits per heavy atom. The van der Waals surface area contributed by atoms with Gasteiger partial charge in [0.2, 0.25) is 0 Å². The minimum atomic E-state index is 0.456. The number of aromatic nitrogens is 3. The lowest BCUT2D eigenvalue weighted by molar-refractivity contribution is 0.284. The van der Waals surface area contributed by atoms with E-state index >= 15 is 0 Å². The zero-order valence-corrected chi connectivity index (χ0v) is 15.4. The molecule has 23 heavy (non-hydrogen) atoms. The highest BCUT2D eigenvalue weighted by Crippen LogP contribution is 2.21. The molecule has 126 valence electrons. The van der Waals surface area contributed by atoms with Crippen LogP contribution < -0.4 is 4.74 Å². The summed E-state index contributed by atoms with van der Waals surface area (Å²) < 4.78 is 8.10. The molecule has 0 saturated heterocycles. The van der Waals surface area contributed by atoms with E-state index in [1.54, 1.807) is 11.8 Å². The SMILES string of the molecule is CCCSc1nnc(COc2ccc(CC)cc2)n1CC(C)C. The van der Waals surface area contributed by atoms with Crippen LogP contribution in [0, 0.1) is 5.92 Å². The molecule has 0 radical (unpaired) electrons. The smallest absolute Gasteiger partial charge is 0.191 e. The zero-order valence-electron chi connectivity index (χ0n) is 14.6. The fraction of sp³-hybridized carbons (Fsp3) is 0.556. The van der Waals surface area contributed by atoms with Crippen LogP contribution >= 0.6 is 11.8 Å². The van der Waals surface area contributed by atoms with Gasteiger partial charge in [0.25, 0.3) is 0 Å². The highest BCUT2D eigenvalue weighted by molar-refractivity contribution is 7.99. The molecule has 0 aliphatic rings. The summed E-state index contributed by atoms with van der Waals surface area (Å²) >= 11 is 1.77. The molecule has 2 aromatic rings. The fourth-order valence-electron chi connectivity index (χ4n) is 2.24. The Hall–Kier alpha value is -1.49. The molecule has 0 bridgehead atoms. The Kier molecular flexibility index (Phi) is 6.96. The van der Waals surface area contributed by atoms with Gasteiger partial charge in [-0.05, 0) is 36.5 Å². The molecule has 0 aliphatic heterocycles. The number of thioether (sulfide) groups is 1. The van der Waals surface area contributed by atoms with E-state index in [2.05, 4.69) is 54.6 Å². The van der Waals surface area contributed by atoms with E-state index in [4.69, 9.17) is 4.74 Å². The highest BCUT2D eigenvalue weighted by atomic mass is 32.2. The number of nitrogens with zero attached hydrogens (tertiary/aromatic N) is 3. The van der Waals surface area contributed by atoms with E-state index in [1.165, 1.54) is 5.56 Å². The number of aryl methyl sites for hydroxylation is 1. The van der Waals surface area contributed by atoms with Gasteiger partial charge in [0, 0.05) is 12.3 Å². The minimum absolute atomic E-state index is 0.456. The zero-order chi connectivity index (χ0) is 16.7. The van der Waals surface area contributed by atoms with Gasteiger partial charge in [0.1, 0.15) is 12.4 Å². The lowest BCUT2D eigenvalue weighted by Gasteiger charge is -2.13. The van der Waals surface area contributed by atoms with Crippen molar-refractivity contribution in [1.29, 1.82) is 0 Å². The Bertz CT molecular complexity index is 593. The first-order valence-electron chi connectivity index (χ1n) is 8.40. The summed E-state index contributed by atoms with van der Waals surface area (Å²) in [6.07, 6.45) is 2.18. The molecule has 2 rings (SSSR count). The van der Waals surface area contributed by atoms with Crippen molar-refractivity contribution in [2.75, 3.05) is 5.75 Å². The van der Waals surface area contributed by atoms with Gasteiger partial charge in [-0.25, -0.2) is 0 Å². The van der Waals surface area contributed by atoms with E-state index in [-0.39, 0.29) is 0 Å². The molecule has 5 heteroatoms. The molecule has 0 unspecified atom stereocenters. The average Bonchev–Trinajstić information content (AvgIpc) is 2.92. The van der Waals surface area contributed by atoms with Crippen LogP contribution in [0.2, 0.25) is 0 Å². The van der Waals surface area contributed by atoms with Crippen LogP contribution in [-0.2, 0) is 19.6 Å². The van der Waals surface area contributed by atoms with Crippen molar-refractivity contribution in [3.63, 3.8) is 0 Å². The second-order valence-electron chi connectivity index (χ2n) is 6.04. The van der Waals surface area contributed by atoms with E-state index < -0.39 is 0 Å². The standard InChI is InChI=1S/C18H27N3OS/c1-5-11-23-18-20-19-17(21(18)12-14(3)4)13-22-16-9-7-15(6-2)8-10-16/h7-10,14H,5-6,11-13H2,1-4H3. The topological polar surface area (TPSA) is 39.9 Å². The van der Waals surface area contributed by atoms with Gasteiger partial charge in [-0.15, -0.1) is 10.2 Å². The summed E-state index contributed by atoms with van der Waals surface area (Å²) in [5, 5.41) is 9.68. The van der Waals surface area contributed by atoms with Crippen LogP contribution in [0.3, 0.4) is 0 Å². The lowest BCUT2D eigenvalue weighted by atomic mass is 10.2. The van der Waals surface area contributed by atoms with Crippen LogP contribution in [0.25, 0.3) is 0 Å².